The molecular weight excluding hydrogens is 194 g/mol. The van der Waals surface area contributed by atoms with Gasteiger partial charge in [0.05, 0.1) is 10.4 Å². The number of aromatic nitrogens is 2. The summed E-state index contributed by atoms with van der Waals surface area (Å²) < 4.78 is 4.90. The van der Waals surface area contributed by atoms with Crippen molar-refractivity contribution in [1.82, 2.24) is 9.59 Å². The second-order valence-electron chi connectivity index (χ2n) is 3.14. The third-order valence-corrected chi connectivity index (χ3v) is 3.05. The first-order chi connectivity index (χ1) is 6.86. The minimum atomic E-state index is 0.758. The van der Waals surface area contributed by atoms with E-state index in [1.165, 1.54) is 11.5 Å². The largest absolute Gasteiger partial charge is 0.397 e. The van der Waals surface area contributed by atoms with Crippen molar-refractivity contribution >= 4 is 38.2 Å². The van der Waals surface area contributed by atoms with E-state index in [1.807, 2.05) is 30.3 Å². The van der Waals surface area contributed by atoms with E-state index in [0.29, 0.717) is 0 Å². The lowest BCUT2D eigenvalue weighted by Gasteiger charge is -1.99. The SMILES string of the molecule is Nc1cc2ccccc2c2nnsc12. The Morgan fingerprint density at radius 2 is 2.07 bits per heavy atom. The summed E-state index contributed by atoms with van der Waals surface area (Å²) in [6.07, 6.45) is 0. The highest BCUT2D eigenvalue weighted by atomic mass is 32.1. The normalized spacial score (nSPS) is 11.1. The minimum Gasteiger partial charge on any atom is -0.397 e. The molecule has 0 bridgehead atoms. The van der Waals surface area contributed by atoms with Crippen LogP contribution in [0.15, 0.2) is 30.3 Å². The van der Waals surface area contributed by atoms with Crippen molar-refractivity contribution in [2.75, 3.05) is 5.73 Å². The van der Waals surface area contributed by atoms with Crippen molar-refractivity contribution < 1.29 is 0 Å². The van der Waals surface area contributed by atoms with Gasteiger partial charge >= 0.3 is 0 Å². The molecule has 0 aliphatic rings. The highest BCUT2D eigenvalue weighted by molar-refractivity contribution is 7.13. The first-order valence-corrected chi connectivity index (χ1v) is 5.03. The van der Waals surface area contributed by atoms with Crippen LogP contribution in [0, 0.1) is 0 Å². The molecule has 2 N–H and O–H groups in total. The molecule has 14 heavy (non-hydrogen) atoms. The zero-order valence-electron chi connectivity index (χ0n) is 7.27. The molecule has 0 spiro atoms. The molecule has 0 fully saturated rings. The van der Waals surface area contributed by atoms with Gasteiger partial charge < -0.3 is 5.73 Å². The summed E-state index contributed by atoms with van der Waals surface area (Å²) >= 11 is 1.34. The van der Waals surface area contributed by atoms with Crippen LogP contribution in [0.25, 0.3) is 21.0 Å². The smallest absolute Gasteiger partial charge is 0.115 e. The molecule has 0 aliphatic carbocycles. The lowest BCUT2D eigenvalue weighted by molar-refractivity contribution is 1.20. The predicted octanol–water partition coefficient (Wildman–Crippen LogP) is 2.43. The standard InChI is InChI=1S/C10H7N3S/c11-8-5-6-3-1-2-4-7(6)9-10(8)14-13-12-9/h1-5H,11H2. The number of benzene rings is 2. The van der Waals surface area contributed by atoms with Gasteiger partial charge in [-0.1, -0.05) is 28.8 Å². The second kappa shape index (κ2) is 2.65. The maximum Gasteiger partial charge on any atom is 0.115 e. The molecule has 1 aromatic heterocycles. The Balaban J connectivity index is 2.66. The molecule has 1 heterocycles. The number of anilines is 1. The fourth-order valence-corrected chi connectivity index (χ4v) is 2.23. The van der Waals surface area contributed by atoms with Crippen molar-refractivity contribution in [1.29, 1.82) is 0 Å². The van der Waals surface area contributed by atoms with E-state index in [2.05, 4.69) is 9.59 Å². The lowest BCUT2D eigenvalue weighted by atomic mass is 10.1. The van der Waals surface area contributed by atoms with Gasteiger partial charge in [0.2, 0.25) is 0 Å². The molecule has 0 unspecified atom stereocenters. The number of hydrogen-bond acceptors (Lipinski definition) is 4. The van der Waals surface area contributed by atoms with Crippen LogP contribution in [0.5, 0.6) is 0 Å². The minimum absolute atomic E-state index is 0.758. The van der Waals surface area contributed by atoms with Crippen molar-refractivity contribution in [3.63, 3.8) is 0 Å². The maximum absolute atomic E-state index is 5.90. The van der Waals surface area contributed by atoms with Gasteiger partial charge in [-0.05, 0) is 23.0 Å². The van der Waals surface area contributed by atoms with Crippen LogP contribution in [0.4, 0.5) is 5.69 Å². The Morgan fingerprint density at radius 3 is 3.00 bits per heavy atom. The van der Waals surface area contributed by atoms with E-state index in [0.717, 1.165) is 26.7 Å². The fourth-order valence-electron chi connectivity index (χ4n) is 1.63. The summed E-state index contributed by atoms with van der Waals surface area (Å²) in [7, 11) is 0. The molecule has 68 valence electrons. The second-order valence-corrected chi connectivity index (χ2v) is 3.89. The number of nitrogen functional groups attached to an aromatic ring is 1. The fraction of sp³-hybridized carbons (Fsp3) is 0. The highest BCUT2D eigenvalue weighted by Crippen LogP contribution is 2.30. The molecule has 3 nitrogen and oxygen atoms in total. The van der Waals surface area contributed by atoms with Crippen LogP contribution in [0.2, 0.25) is 0 Å². The number of fused-ring (bicyclic) bond motifs is 3. The Bertz CT molecular complexity index is 615. The van der Waals surface area contributed by atoms with Crippen molar-refractivity contribution in [3.8, 4) is 0 Å². The average Bonchev–Trinajstić information content (AvgIpc) is 2.67. The number of rotatable bonds is 0. The Kier molecular flexibility index (Phi) is 1.46. The highest BCUT2D eigenvalue weighted by Gasteiger charge is 2.06. The number of hydrogen-bond donors (Lipinski definition) is 1. The monoisotopic (exact) mass is 201 g/mol. The summed E-state index contributed by atoms with van der Waals surface area (Å²) in [5.41, 5.74) is 7.56. The van der Waals surface area contributed by atoms with Crippen LogP contribution in [0.1, 0.15) is 0 Å². The molecular formula is C10H7N3S. The molecule has 0 amide bonds. The quantitative estimate of drug-likeness (QED) is 0.568. The summed E-state index contributed by atoms with van der Waals surface area (Å²) in [4.78, 5) is 0. The van der Waals surface area contributed by atoms with Crippen LogP contribution < -0.4 is 5.73 Å². The number of nitrogens with zero attached hydrogens (tertiary/aromatic N) is 2. The van der Waals surface area contributed by atoms with Crippen molar-refractivity contribution in [3.05, 3.63) is 30.3 Å². The Hall–Kier alpha value is -1.68. The van der Waals surface area contributed by atoms with Crippen LogP contribution in [-0.4, -0.2) is 9.59 Å². The summed E-state index contributed by atoms with van der Waals surface area (Å²) in [6, 6.07) is 10.0. The van der Waals surface area contributed by atoms with Gasteiger partial charge in [-0.2, -0.15) is 0 Å². The van der Waals surface area contributed by atoms with E-state index < -0.39 is 0 Å². The van der Waals surface area contributed by atoms with Crippen molar-refractivity contribution in [2.45, 2.75) is 0 Å². The molecule has 3 rings (SSSR count). The summed E-state index contributed by atoms with van der Waals surface area (Å²) in [5.74, 6) is 0. The van der Waals surface area contributed by atoms with Gasteiger partial charge in [-0.25, -0.2) is 0 Å². The van der Waals surface area contributed by atoms with Gasteiger partial charge in [0.25, 0.3) is 0 Å². The van der Waals surface area contributed by atoms with E-state index >= 15 is 0 Å². The Morgan fingerprint density at radius 1 is 1.21 bits per heavy atom. The lowest BCUT2D eigenvalue weighted by Crippen LogP contribution is -1.85. The molecule has 0 saturated carbocycles. The van der Waals surface area contributed by atoms with Crippen LogP contribution in [-0.2, 0) is 0 Å². The van der Waals surface area contributed by atoms with Gasteiger partial charge in [0.15, 0.2) is 0 Å². The van der Waals surface area contributed by atoms with Crippen molar-refractivity contribution in [2.24, 2.45) is 0 Å². The van der Waals surface area contributed by atoms with E-state index in [4.69, 9.17) is 5.73 Å². The van der Waals surface area contributed by atoms with Gasteiger partial charge in [0, 0.05) is 5.39 Å². The Labute approximate surface area is 84.3 Å². The molecule has 0 radical (unpaired) electrons. The number of nitrogens with two attached hydrogens (primary N) is 1. The molecule has 0 atom stereocenters. The van der Waals surface area contributed by atoms with Gasteiger partial charge in [0.1, 0.15) is 5.52 Å². The zero-order chi connectivity index (χ0) is 9.54. The van der Waals surface area contributed by atoms with E-state index in [9.17, 15) is 0 Å². The first-order valence-electron chi connectivity index (χ1n) is 4.25. The molecule has 4 heteroatoms. The third-order valence-electron chi connectivity index (χ3n) is 2.28. The van der Waals surface area contributed by atoms with Gasteiger partial charge in [-0.15, -0.1) is 5.10 Å². The zero-order valence-corrected chi connectivity index (χ0v) is 8.08. The molecule has 3 aromatic rings. The van der Waals surface area contributed by atoms with Crippen LogP contribution >= 0.6 is 11.5 Å². The summed E-state index contributed by atoms with van der Waals surface area (Å²) in [5, 5.41) is 6.33. The third kappa shape index (κ3) is 0.914. The van der Waals surface area contributed by atoms with Crippen LogP contribution in [0.3, 0.4) is 0 Å². The first kappa shape index (κ1) is 7.70. The molecule has 2 aromatic carbocycles. The topological polar surface area (TPSA) is 51.8 Å². The summed E-state index contributed by atoms with van der Waals surface area (Å²) in [6.45, 7) is 0. The maximum atomic E-state index is 5.90. The van der Waals surface area contributed by atoms with Gasteiger partial charge in [-0.3, -0.25) is 0 Å². The van der Waals surface area contributed by atoms with E-state index in [1.54, 1.807) is 0 Å². The van der Waals surface area contributed by atoms with E-state index in [-0.39, 0.29) is 0 Å². The predicted molar refractivity (Wildman–Crippen MR) is 59.3 cm³/mol. The molecule has 0 aliphatic heterocycles. The molecule has 0 saturated heterocycles. The average molecular weight is 201 g/mol.